The van der Waals surface area contributed by atoms with E-state index in [4.69, 9.17) is 4.52 Å². The highest BCUT2D eigenvalue weighted by molar-refractivity contribution is 7.11. The quantitative estimate of drug-likeness (QED) is 0.864. The Bertz CT molecular complexity index is 548. The SMILES string of the molecule is Cc1cc(CN2CCC[C@@H](c3ncc(C)s3)C2)no1. The molecule has 0 amide bonds. The highest BCUT2D eigenvalue weighted by atomic mass is 32.1. The minimum absolute atomic E-state index is 0.584. The molecule has 0 radical (unpaired) electrons. The standard InChI is InChI=1S/C14H19N3OS/c1-10-6-13(16-18-10)9-17-5-3-4-12(8-17)14-15-7-11(2)19-14/h6-7,12H,3-5,8-9H2,1-2H3/t12-/m1/s1. The van der Waals surface area contributed by atoms with Gasteiger partial charge in [-0.2, -0.15) is 0 Å². The molecule has 1 atom stereocenters. The fourth-order valence-corrected chi connectivity index (χ4v) is 3.58. The lowest BCUT2D eigenvalue weighted by molar-refractivity contribution is 0.195. The van der Waals surface area contributed by atoms with E-state index < -0.39 is 0 Å². The lowest BCUT2D eigenvalue weighted by Gasteiger charge is -2.31. The van der Waals surface area contributed by atoms with Gasteiger partial charge in [0.15, 0.2) is 0 Å². The van der Waals surface area contributed by atoms with Gasteiger partial charge in [0.1, 0.15) is 5.76 Å². The van der Waals surface area contributed by atoms with Crippen LogP contribution in [0, 0.1) is 13.8 Å². The van der Waals surface area contributed by atoms with Crippen LogP contribution in [0.25, 0.3) is 0 Å². The average Bonchev–Trinajstić information content (AvgIpc) is 2.99. The van der Waals surface area contributed by atoms with Crippen LogP contribution in [0.5, 0.6) is 0 Å². The molecule has 0 N–H and O–H groups in total. The minimum atomic E-state index is 0.584. The smallest absolute Gasteiger partial charge is 0.133 e. The molecule has 3 heterocycles. The van der Waals surface area contributed by atoms with Crippen LogP contribution in [0.1, 0.15) is 40.1 Å². The van der Waals surface area contributed by atoms with Crippen molar-refractivity contribution in [1.82, 2.24) is 15.0 Å². The summed E-state index contributed by atoms with van der Waals surface area (Å²) in [6, 6.07) is 2.02. The summed E-state index contributed by atoms with van der Waals surface area (Å²) in [5, 5.41) is 5.37. The first kappa shape index (κ1) is 12.8. The van der Waals surface area contributed by atoms with E-state index in [1.165, 1.54) is 22.7 Å². The second-order valence-corrected chi connectivity index (χ2v) is 6.58. The van der Waals surface area contributed by atoms with Gasteiger partial charge in [0.2, 0.25) is 0 Å². The van der Waals surface area contributed by atoms with E-state index in [1.807, 2.05) is 30.5 Å². The van der Waals surface area contributed by atoms with Gasteiger partial charge in [-0.05, 0) is 33.2 Å². The molecule has 102 valence electrons. The first-order valence-corrected chi connectivity index (χ1v) is 7.59. The highest BCUT2D eigenvalue weighted by Gasteiger charge is 2.24. The minimum Gasteiger partial charge on any atom is -0.361 e. The number of hydrogen-bond acceptors (Lipinski definition) is 5. The lowest BCUT2D eigenvalue weighted by Crippen LogP contribution is -2.33. The number of likely N-dealkylation sites (tertiary alicyclic amines) is 1. The zero-order valence-electron chi connectivity index (χ0n) is 11.4. The molecule has 5 heteroatoms. The van der Waals surface area contributed by atoms with Gasteiger partial charge in [-0.1, -0.05) is 5.16 Å². The van der Waals surface area contributed by atoms with Crippen molar-refractivity contribution in [3.8, 4) is 0 Å². The lowest BCUT2D eigenvalue weighted by atomic mass is 9.98. The topological polar surface area (TPSA) is 42.2 Å². The summed E-state index contributed by atoms with van der Waals surface area (Å²) < 4.78 is 5.13. The van der Waals surface area contributed by atoms with Crippen LogP contribution in [-0.2, 0) is 6.54 Å². The molecule has 0 saturated carbocycles. The van der Waals surface area contributed by atoms with Crippen molar-refractivity contribution in [2.75, 3.05) is 13.1 Å². The maximum atomic E-state index is 5.13. The Balaban J connectivity index is 1.64. The third-order valence-electron chi connectivity index (χ3n) is 3.56. The Kier molecular flexibility index (Phi) is 3.66. The van der Waals surface area contributed by atoms with Crippen molar-refractivity contribution >= 4 is 11.3 Å². The van der Waals surface area contributed by atoms with Gasteiger partial charge in [-0.15, -0.1) is 11.3 Å². The Hall–Kier alpha value is -1.20. The third-order valence-corrected chi connectivity index (χ3v) is 4.63. The molecule has 0 aromatic carbocycles. The zero-order valence-corrected chi connectivity index (χ0v) is 12.2. The number of thiazole rings is 1. The molecule has 2 aromatic rings. The van der Waals surface area contributed by atoms with Gasteiger partial charge in [-0.3, -0.25) is 4.90 Å². The van der Waals surface area contributed by atoms with Crippen molar-refractivity contribution in [2.45, 2.75) is 39.2 Å². The van der Waals surface area contributed by atoms with Gasteiger partial charge >= 0.3 is 0 Å². The number of aromatic nitrogens is 2. The van der Waals surface area contributed by atoms with Crippen molar-refractivity contribution < 1.29 is 4.52 Å². The summed E-state index contributed by atoms with van der Waals surface area (Å²) in [4.78, 5) is 8.31. The molecular formula is C14H19N3OS. The van der Waals surface area contributed by atoms with E-state index in [0.717, 1.165) is 31.1 Å². The molecule has 0 unspecified atom stereocenters. The molecule has 1 saturated heterocycles. The number of nitrogens with zero attached hydrogens (tertiary/aromatic N) is 3. The normalized spacial score (nSPS) is 20.8. The fourth-order valence-electron chi connectivity index (χ4n) is 2.68. The Labute approximate surface area is 117 Å². The number of piperidine rings is 1. The van der Waals surface area contributed by atoms with Gasteiger partial charge < -0.3 is 4.52 Å². The Morgan fingerprint density at radius 3 is 3.05 bits per heavy atom. The van der Waals surface area contributed by atoms with E-state index in [9.17, 15) is 0 Å². The summed E-state index contributed by atoms with van der Waals surface area (Å²) in [5.74, 6) is 1.47. The van der Waals surface area contributed by atoms with Crippen molar-refractivity contribution in [3.63, 3.8) is 0 Å². The number of rotatable bonds is 3. The molecule has 1 fully saturated rings. The first-order chi connectivity index (χ1) is 9.20. The monoisotopic (exact) mass is 277 g/mol. The summed E-state index contributed by atoms with van der Waals surface area (Å²) in [6.07, 6.45) is 4.47. The summed E-state index contributed by atoms with van der Waals surface area (Å²) in [5.41, 5.74) is 1.04. The van der Waals surface area contributed by atoms with Crippen LogP contribution >= 0.6 is 11.3 Å². The molecule has 1 aliphatic rings. The van der Waals surface area contributed by atoms with Crippen LogP contribution in [0.2, 0.25) is 0 Å². The average molecular weight is 277 g/mol. The maximum absolute atomic E-state index is 5.13. The van der Waals surface area contributed by atoms with E-state index in [0.29, 0.717) is 5.92 Å². The predicted molar refractivity (Wildman–Crippen MR) is 75.3 cm³/mol. The summed E-state index contributed by atoms with van der Waals surface area (Å²) in [7, 11) is 0. The molecule has 2 aromatic heterocycles. The Morgan fingerprint density at radius 2 is 2.37 bits per heavy atom. The van der Waals surface area contributed by atoms with E-state index in [2.05, 4.69) is 22.0 Å². The summed E-state index contributed by atoms with van der Waals surface area (Å²) >= 11 is 1.83. The van der Waals surface area contributed by atoms with Crippen LogP contribution in [0.15, 0.2) is 16.8 Å². The highest BCUT2D eigenvalue weighted by Crippen LogP contribution is 2.30. The van der Waals surface area contributed by atoms with Gasteiger partial charge in [0, 0.05) is 36.1 Å². The Morgan fingerprint density at radius 1 is 1.47 bits per heavy atom. The molecule has 19 heavy (non-hydrogen) atoms. The van der Waals surface area contributed by atoms with E-state index in [1.54, 1.807) is 0 Å². The van der Waals surface area contributed by atoms with Crippen LogP contribution in [0.3, 0.4) is 0 Å². The first-order valence-electron chi connectivity index (χ1n) is 6.77. The van der Waals surface area contributed by atoms with Crippen LogP contribution in [0.4, 0.5) is 0 Å². The second-order valence-electron chi connectivity index (χ2n) is 5.31. The third kappa shape index (κ3) is 3.04. The largest absolute Gasteiger partial charge is 0.361 e. The molecular weight excluding hydrogens is 258 g/mol. The zero-order chi connectivity index (χ0) is 13.2. The molecule has 3 rings (SSSR count). The number of aryl methyl sites for hydroxylation is 2. The molecule has 1 aliphatic heterocycles. The van der Waals surface area contributed by atoms with Gasteiger partial charge in [0.05, 0.1) is 10.7 Å². The maximum Gasteiger partial charge on any atom is 0.133 e. The van der Waals surface area contributed by atoms with E-state index in [-0.39, 0.29) is 0 Å². The van der Waals surface area contributed by atoms with Crippen LogP contribution in [-0.4, -0.2) is 28.1 Å². The van der Waals surface area contributed by atoms with Crippen molar-refractivity contribution in [3.05, 3.63) is 33.6 Å². The summed E-state index contributed by atoms with van der Waals surface area (Å²) in [6.45, 7) is 7.18. The van der Waals surface area contributed by atoms with Crippen LogP contribution < -0.4 is 0 Å². The molecule has 0 bridgehead atoms. The molecule has 0 aliphatic carbocycles. The van der Waals surface area contributed by atoms with Crippen molar-refractivity contribution in [1.29, 1.82) is 0 Å². The van der Waals surface area contributed by atoms with E-state index >= 15 is 0 Å². The fraction of sp³-hybridized carbons (Fsp3) is 0.571. The number of hydrogen-bond donors (Lipinski definition) is 0. The van der Waals surface area contributed by atoms with Gasteiger partial charge in [-0.25, -0.2) is 4.98 Å². The molecule has 4 nitrogen and oxygen atoms in total. The van der Waals surface area contributed by atoms with Crippen molar-refractivity contribution in [2.24, 2.45) is 0 Å². The second kappa shape index (κ2) is 5.43. The predicted octanol–water partition coefficient (Wildman–Crippen LogP) is 3.13. The molecule has 0 spiro atoms. The van der Waals surface area contributed by atoms with Gasteiger partial charge in [0.25, 0.3) is 0 Å².